The molecule has 1 aliphatic carbocycles. The highest BCUT2D eigenvalue weighted by Crippen LogP contribution is 2.44. The van der Waals surface area contributed by atoms with Gasteiger partial charge in [0.1, 0.15) is 23.4 Å². The van der Waals surface area contributed by atoms with E-state index in [9.17, 15) is 10.1 Å². The quantitative estimate of drug-likeness (QED) is 0.392. The maximum atomic E-state index is 12.8. The lowest BCUT2D eigenvalue weighted by Gasteiger charge is -2.33. The van der Waals surface area contributed by atoms with Gasteiger partial charge in [-0.3, -0.25) is 4.79 Å². The number of aromatic nitrogens is 3. The summed E-state index contributed by atoms with van der Waals surface area (Å²) in [5.41, 5.74) is 4.12. The number of rotatable bonds is 7. The topological polar surface area (TPSA) is 92.8 Å². The molecule has 1 N–H and O–H groups in total. The summed E-state index contributed by atoms with van der Waals surface area (Å²) in [6.07, 6.45) is 2.94. The van der Waals surface area contributed by atoms with Crippen LogP contribution in [0.15, 0.2) is 23.4 Å². The smallest absolute Gasteiger partial charge is 0.235 e. The van der Waals surface area contributed by atoms with E-state index in [1.165, 1.54) is 16.6 Å². The molecule has 3 aromatic rings. The van der Waals surface area contributed by atoms with E-state index >= 15 is 0 Å². The Kier molecular flexibility index (Phi) is 7.76. The first-order valence-electron chi connectivity index (χ1n) is 12.1. The van der Waals surface area contributed by atoms with Crippen molar-refractivity contribution in [3.8, 4) is 11.8 Å². The van der Waals surface area contributed by atoms with Gasteiger partial charge in [0.2, 0.25) is 5.91 Å². The van der Waals surface area contributed by atoms with Crippen LogP contribution in [0.3, 0.4) is 0 Å². The van der Waals surface area contributed by atoms with E-state index in [1.54, 1.807) is 11.3 Å². The predicted molar refractivity (Wildman–Crippen MR) is 145 cm³/mol. The van der Waals surface area contributed by atoms with Crippen LogP contribution in [0.25, 0.3) is 0 Å². The number of benzene rings is 1. The number of ether oxygens (including phenoxy) is 1. The Bertz CT molecular complexity index is 1290. The fourth-order valence-electron chi connectivity index (χ4n) is 4.58. The highest BCUT2D eigenvalue weighted by atomic mass is 32.2. The Morgan fingerprint density at radius 2 is 2.03 bits per heavy atom. The van der Waals surface area contributed by atoms with E-state index in [-0.39, 0.29) is 17.1 Å². The molecule has 0 unspecified atom stereocenters. The van der Waals surface area contributed by atoms with Crippen LogP contribution in [0, 0.1) is 36.5 Å². The Labute approximate surface area is 221 Å². The second-order valence-corrected chi connectivity index (χ2v) is 12.5. The molecule has 0 fully saturated rings. The van der Waals surface area contributed by atoms with Crippen molar-refractivity contribution in [3.05, 3.63) is 51.2 Å². The Hall–Kier alpha value is -2.83. The second kappa shape index (κ2) is 10.7. The average Bonchev–Trinajstić information content (AvgIpc) is 3.35. The van der Waals surface area contributed by atoms with Gasteiger partial charge in [-0.05, 0) is 61.1 Å². The number of thioether (sulfide) groups is 1. The summed E-state index contributed by atoms with van der Waals surface area (Å²) in [6, 6.07) is 8.37. The number of nitriles is 1. The molecule has 0 spiro atoms. The summed E-state index contributed by atoms with van der Waals surface area (Å²) < 4.78 is 7.85. The number of amides is 1. The van der Waals surface area contributed by atoms with Crippen molar-refractivity contribution in [2.75, 3.05) is 11.1 Å². The largest absolute Gasteiger partial charge is 0.485 e. The minimum Gasteiger partial charge on any atom is -0.485 e. The van der Waals surface area contributed by atoms with Gasteiger partial charge in [0, 0.05) is 11.9 Å². The number of hydrogen-bond donors (Lipinski definition) is 1. The van der Waals surface area contributed by atoms with Crippen LogP contribution < -0.4 is 10.1 Å². The van der Waals surface area contributed by atoms with E-state index in [4.69, 9.17) is 4.74 Å². The van der Waals surface area contributed by atoms with E-state index in [1.807, 2.05) is 43.7 Å². The van der Waals surface area contributed by atoms with Crippen molar-refractivity contribution in [1.29, 1.82) is 5.26 Å². The Morgan fingerprint density at radius 3 is 2.69 bits per heavy atom. The van der Waals surface area contributed by atoms with Gasteiger partial charge < -0.3 is 14.6 Å². The highest BCUT2D eigenvalue weighted by molar-refractivity contribution is 7.99. The molecule has 0 aliphatic heterocycles. The molecule has 0 saturated carbocycles. The third-order valence-corrected chi connectivity index (χ3v) is 9.06. The Morgan fingerprint density at radius 1 is 1.31 bits per heavy atom. The van der Waals surface area contributed by atoms with Crippen molar-refractivity contribution in [1.82, 2.24) is 14.8 Å². The van der Waals surface area contributed by atoms with Crippen LogP contribution in [0.4, 0.5) is 5.00 Å². The first-order chi connectivity index (χ1) is 17.1. The first kappa shape index (κ1) is 26.2. The van der Waals surface area contributed by atoms with Gasteiger partial charge in [0.25, 0.3) is 0 Å². The molecule has 36 heavy (non-hydrogen) atoms. The number of thiophene rings is 1. The molecule has 4 rings (SSSR count). The minimum atomic E-state index is -0.154. The van der Waals surface area contributed by atoms with E-state index < -0.39 is 0 Å². The standard InChI is InChI=1S/C27H33N5O2S2/c1-16-8-7-9-17(2)24(16)34-14-22-30-31-26(32(22)6)35-15-23(33)29-25-20(13-28)19-11-10-18(27(3,4)5)12-21(19)36-25/h7-9,18H,10-12,14-15H2,1-6H3,(H,29,33)/t18-/m1/s1. The van der Waals surface area contributed by atoms with Crippen molar-refractivity contribution in [2.45, 2.75) is 65.6 Å². The van der Waals surface area contributed by atoms with Gasteiger partial charge in [-0.25, -0.2) is 0 Å². The fourth-order valence-corrected chi connectivity index (χ4v) is 6.61. The average molecular weight is 524 g/mol. The minimum absolute atomic E-state index is 0.154. The number of carbonyl (C=O) groups is 1. The molecule has 1 aliphatic rings. The monoisotopic (exact) mass is 523 g/mol. The molecule has 1 amide bonds. The third-order valence-electron chi connectivity index (χ3n) is 6.87. The van der Waals surface area contributed by atoms with Crippen LogP contribution in [-0.2, 0) is 31.3 Å². The third kappa shape index (κ3) is 5.60. The van der Waals surface area contributed by atoms with Crippen molar-refractivity contribution < 1.29 is 9.53 Å². The summed E-state index contributed by atoms with van der Waals surface area (Å²) in [4.78, 5) is 14.0. The van der Waals surface area contributed by atoms with Gasteiger partial charge in [-0.15, -0.1) is 21.5 Å². The molecule has 7 nitrogen and oxygen atoms in total. The van der Waals surface area contributed by atoms with Crippen LogP contribution in [0.1, 0.15) is 60.1 Å². The number of nitrogens with one attached hydrogen (secondary N) is 1. The molecule has 1 atom stereocenters. The van der Waals surface area contributed by atoms with E-state index in [2.05, 4.69) is 42.4 Å². The van der Waals surface area contributed by atoms with Gasteiger partial charge >= 0.3 is 0 Å². The van der Waals surface area contributed by atoms with Crippen LogP contribution in [0.5, 0.6) is 5.75 Å². The van der Waals surface area contributed by atoms with Crippen LogP contribution >= 0.6 is 23.1 Å². The molecule has 2 heterocycles. The van der Waals surface area contributed by atoms with Crippen molar-refractivity contribution in [3.63, 3.8) is 0 Å². The molecule has 1 aromatic carbocycles. The fraction of sp³-hybridized carbons (Fsp3) is 0.481. The molecule has 9 heteroatoms. The molecular weight excluding hydrogens is 490 g/mol. The molecule has 190 valence electrons. The van der Waals surface area contributed by atoms with Gasteiger partial charge in [-0.1, -0.05) is 50.7 Å². The molecule has 0 radical (unpaired) electrons. The summed E-state index contributed by atoms with van der Waals surface area (Å²) in [5.74, 6) is 2.15. The van der Waals surface area contributed by atoms with Crippen molar-refractivity contribution in [2.24, 2.45) is 18.4 Å². The predicted octanol–water partition coefficient (Wildman–Crippen LogP) is 5.83. The maximum Gasteiger partial charge on any atom is 0.235 e. The summed E-state index contributed by atoms with van der Waals surface area (Å²) in [5, 5.41) is 22.6. The highest BCUT2D eigenvalue weighted by Gasteiger charge is 2.32. The van der Waals surface area contributed by atoms with Crippen LogP contribution in [-0.4, -0.2) is 26.4 Å². The maximum absolute atomic E-state index is 12.8. The lowest BCUT2D eigenvalue weighted by molar-refractivity contribution is -0.113. The lowest BCUT2D eigenvalue weighted by Crippen LogP contribution is -2.26. The number of carbonyl (C=O) groups excluding carboxylic acids is 1. The molecule has 0 saturated heterocycles. The number of anilines is 1. The SMILES string of the molecule is Cc1cccc(C)c1OCc1nnc(SCC(=O)Nc2sc3c(c2C#N)CC[C@@H](C(C)(C)C)C3)n1C. The number of para-hydroxylation sites is 1. The van der Waals surface area contributed by atoms with Crippen molar-refractivity contribution >= 4 is 34.0 Å². The van der Waals surface area contributed by atoms with Gasteiger partial charge in [0.05, 0.1) is 11.3 Å². The summed E-state index contributed by atoms with van der Waals surface area (Å²) >= 11 is 2.88. The lowest BCUT2D eigenvalue weighted by atomic mass is 9.72. The van der Waals surface area contributed by atoms with E-state index in [0.29, 0.717) is 34.1 Å². The van der Waals surface area contributed by atoms with Crippen LogP contribution in [0.2, 0.25) is 0 Å². The number of nitrogens with zero attached hydrogens (tertiary/aromatic N) is 4. The molecular formula is C27H33N5O2S2. The van der Waals surface area contributed by atoms with E-state index in [0.717, 1.165) is 41.7 Å². The number of hydrogen-bond acceptors (Lipinski definition) is 7. The second-order valence-electron chi connectivity index (χ2n) is 10.4. The normalized spacial score (nSPS) is 15.3. The molecule has 0 bridgehead atoms. The summed E-state index contributed by atoms with van der Waals surface area (Å²) in [6.45, 7) is 11.1. The molecule has 2 aromatic heterocycles. The number of aryl methyl sites for hydroxylation is 2. The summed E-state index contributed by atoms with van der Waals surface area (Å²) in [7, 11) is 1.87. The Balaban J connectivity index is 1.37. The number of fused-ring (bicyclic) bond motifs is 1. The van der Waals surface area contributed by atoms with Gasteiger partial charge in [-0.2, -0.15) is 5.26 Å². The van der Waals surface area contributed by atoms with Gasteiger partial charge in [0.15, 0.2) is 11.0 Å². The first-order valence-corrected chi connectivity index (χ1v) is 13.9. The zero-order valence-corrected chi connectivity index (χ0v) is 23.4. The zero-order valence-electron chi connectivity index (χ0n) is 21.8. The zero-order chi connectivity index (χ0) is 26.0.